The molecule has 3 aromatic carbocycles. The number of nitrogens with zero attached hydrogens (tertiary/aromatic N) is 2. The highest BCUT2D eigenvalue weighted by atomic mass is 35.5. The van der Waals surface area contributed by atoms with Crippen LogP contribution in [-0.4, -0.2) is 16.2 Å². The molecule has 0 saturated heterocycles. The van der Waals surface area contributed by atoms with Crippen molar-refractivity contribution in [3.8, 4) is 5.75 Å². The van der Waals surface area contributed by atoms with E-state index in [-0.39, 0.29) is 0 Å². The molecule has 3 nitrogen and oxygen atoms in total. The summed E-state index contributed by atoms with van der Waals surface area (Å²) in [5.41, 5.74) is 5.63. The van der Waals surface area contributed by atoms with E-state index in [9.17, 15) is 0 Å². The smallest absolute Gasteiger partial charge is 0.122 e. The van der Waals surface area contributed by atoms with Gasteiger partial charge in [0.2, 0.25) is 0 Å². The third-order valence-electron chi connectivity index (χ3n) is 5.17. The van der Waals surface area contributed by atoms with Crippen LogP contribution in [0.25, 0.3) is 11.0 Å². The second kappa shape index (κ2) is 8.07. The van der Waals surface area contributed by atoms with Gasteiger partial charge in [-0.15, -0.1) is 0 Å². The van der Waals surface area contributed by atoms with Crippen LogP contribution in [0.1, 0.15) is 22.5 Å². The molecule has 0 aliphatic heterocycles. The third kappa shape index (κ3) is 3.76. The van der Waals surface area contributed by atoms with E-state index >= 15 is 0 Å². The predicted molar refractivity (Wildman–Crippen MR) is 115 cm³/mol. The van der Waals surface area contributed by atoms with Crippen LogP contribution in [-0.2, 0) is 13.0 Å². The minimum Gasteiger partial charge on any atom is -0.491 e. The van der Waals surface area contributed by atoms with Crippen LogP contribution >= 0.6 is 11.6 Å². The number of para-hydroxylation sites is 2. The van der Waals surface area contributed by atoms with Gasteiger partial charge >= 0.3 is 0 Å². The van der Waals surface area contributed by atoms with E-state index in [1.807, 2.05) is 48.5 Å². The van der Waals surface area contributed by atoms with Gasteiger partial charge in [-0.05, 0) is 54.8 Å². The van der Waals surface area contributed by atoms with Gasteiger partial charge in [-0.1, -0.05) is 54.1 Å². The number of halogens is 1. The highest BCUT2D eigenvalue weighted by molar-refractivity contribution is 6.31. The Hall–Kier alpha value is -2.78. The number of aromatic nitrogens is 2. The van der Waals surface area contributed by atoms with Crippen molar-refractivity contribution in [3.05, 3.63) is 94.3 Å². The molecule has 142 valence electrons. The maximum absolute atomic E-state index is 6.38. The van der Waals surface area contributed by atoms with Gasteiger partial charge in [-0.25, -0.2) is 4.98 Å². The number of hydrogen-bond acceptors (Lipinski definition) is 2. The maximum Gasteiger partial charge on any atom is 0.122 e. The zero-order valence-electron chi connectivity index (χ0n) is 16.2. The molecule has 1 heterocycles. The van der Waals surface area contributed by atoms with Gasteiger partial charge < -0.3 is 9.30 Å². The fourth-order valence-corrected chi connectivity index (χ4v) is 3.65. The summed E-state index contributed by atoms with van der Waals surface area (Å²) in [4.78, 5) is 4.86. The van der Waals surface area contributed by atoms with Gasteiger partial charge in [-0.3, -0.25) is 0 Å². The second-order valence-corrected chi connectivity index (χ2v) is 7.39. The van der Waals surface area contributed by atoms with Crippen molar-refractivity contribution >= 4 is 22.6 Å². The zero-order valence-corrected chi connectivity index (χ0v) is 16.9. The number of imidazole rings is 1. The highest BCUT2D eigenvalue weighted by Crippen LogP contribution is 2.24. The molecule has 0 radical (unpaired) electrons. The lowest BCUT2D eigenvalue weighted by molar-refractivity contribution is 0.296. The standard InChI is InChI=1S/C24H23ClN2O/c1-17-8-7-13-23(18(17)2)28-15-14-27-22-12-6-5-11-21(22)26-24(27)16-19-9-3-4-10-20(19)25/h3-13H,14-16H2,1-2H3. The molecular weight excluding hydrogens is 368 g/mol. The molecule has 4 rings (SSSR count). The topological polar surface area (TPSA) is 27.1 Å². The second-order valence-electron chi connectivity index (χ2n) is 6.98. The lowest BCUT2D eigenvalue weighted by atomic mass is 10.1. The van der Waals surface area contributed by atoms with E-state index in [2.05, 4.69) is 36.6 Å². The quantitative estimate of drug-likeness (QED) is 0.405. The molecule has 0 amide bonds. The molecular formula is C24H23ClN2O. The molecule has 0 spiro atoms. The minimum absolute atomic E-state index is 0.584. The summed E-state index contributed by atoms with van der Waals surface area (Å²) in [6.45, 7) is 5.52. The summed E-state index contributed by atoms with van der Waals surface area (Å²) < 4.78 is 8.33. The first kappa shape index (κ1) is 18.6. The molecule has 1 aromatic heterocycles. The van der Waals surface area contributed by atoms with Crippen molar-refractivity contribution in [1.82, 2.24) is 9.55 Å². The first-order valence-electron chi connectivity index (χ1n) is 9.50. The molecule has 4 aromatic rings. The van der Waals surface area contributed by atoms with Crippen LogP contribution in [0.4, 0.5) is 0 Å². The fraction of sp³-hybridized carbons (Fsp3) is 0.208. The van der Waals surface area contributed by atoms with Crippen molar-refractivity contribution < 1.29 is 4.74 Å². The van der Waals surface area contributed by atoms with Crippen LogP contribution < -0.4 is 4.74 Å². The highest BCUT2D eigenvalue weighted by Gasteiger charge is 2.13. The molecule has 0 aliphatic carbocycles. The number of ether oxygens (including phenoxy) is 1. The Morgan fingerprint density at radius 1 is 0.929 bits per heavy atom. The van der Waals surface area contributed by atoms with Gasteiger partial charge in [0, 0.05) is 11.4 Å². The van der Waals surface area contributed by atoms with E-state index in [0.717, 1.165) is 39.7 Å². The summed E-state index contributed by atoms with van der Waals surface area (Å²) in [6, 6.07) is 22.3. The molecule has 0 bridgehead atoms. The molecule has 28 heavy (non-hydrogen) atoms. The monoisotopic (exact) mass is 390 g/mol. The number of rotatable bonds is 6. The normalized spacial score (nSPS) is 11.1. The van der Waals surface area contributed by atoms with Crippen LogP contribution in [0, 0.1) is 13.8 Å². The lowest BCUT2D eigenvalue weighted by Gasteiger charge is -2.13. The molecule has 0 saturated carbocycles. The molecule has 0 atom stereocenters. The van der Waals surface area contributed by atoms with Gasteiger partial charge in [0.25, 0.3) is 0 Å². The first-order valence-corrected chi connectivity index (χ1v) is 9.88. The first-order chi connectivity index (χ1) is 13.6. The summed E-state index contributed by atoms with van der Waals surface area (Å²) in [7, 11) is 0. The number of hydrogen-bond donors (Lipinski definition) is 0. The van der Waals surface area contributed by atoms with Crippen LogP contribution in [0.3, 0.4) is 0 Å². The van der Waals surface area contributed by atoms with E-state index < -0.39 is 0 Å². The molecule has 0 aliphatic rings. The van der Waals surface area contributed by atoms with Gasteiger partial charge in [-0.2, -0.15) is 0 Å². The Balaban J connectivity index is 1.60. The van der Waals surface area contributed by atoms with E-state index in [1.165, 1.54) is 11.1 Å². The average molecular weight is 391 g/mol. The Kier molecular flexibility index (Phi) is 5.36. The maximum atomic E-state index is 6.38. The van der Waals surface area contributed by atoms with E-state index in [1.54, 1.807) is 0 Å². The fourth-order valence-electron chi connectivity index (χ4n) is 3.45. The van der Waals surface area contributed by atoms with Crippen molar-refractivity contribution in [3.63, 3.8) is 0 Å². The average Bonchev–Trinajstić information content (AvgIpc) is 3.04. The Morgan fingerprint density at radius 2 is 1.71 bits per heavy atom. The molecule has 0 fully saturated rings. The van der Waals surface area contributed by atoms with E-state index in [0.29, 0.717) is 13.0 Å². The SMILES string of the molecule is Cc1cccc(OCCn2c(Cc3ccccc3Cl)nc3ccccc32)c1C. The third-order valence-corrected chi connectivity index (χ3v) is 5.54. The summed E-state index contributed by atoms with van der Waals surface area (Å²) in [5.74, 6) is 1.94. The lowest BCUT2D eigenvalue weighted by Crippen LogP contribution is -2.12. The summed E-state index contributed by atoms with van der Waals surface area (Å²) in [6.07, 6.45) is 0.692. The Labute approximate surface area is 170 Å². The van der Waals surface area contributed by atoms with E-state index in [4.69, 9.17) is 21.3 Å². The van der Waals surface area contributed by atoms with Crippen molar-refractivity contribution in [2.75, 3.05) is 6.61 Å². The van der Waals surface area contributed by atoms with Crippen molar-refractivity contribution in [2.45, 2.75) is 26.8 Å². The Bertz CT molecular complexity index is 1120. The van der Waals surface area contributed by atoms with Crippen LogP contribution in [0.5, 0.6) is 5.75 Å². The number of fused-ring (bicyclic) bond motifs is 1. The number of aryl methyl sites for hydroxylation is 1. The molecule has 4 heteroatoms. The Morgan fingerprint density at radius 3 is 2.57 bits per heavy atom. The molecule has 0 N–H and O–H groups in total. The van der Waals surface area contributed by atoms with Gasteiger partial charge in [0.15, 0.2) is 0 Å². The van der Waals surface area contributed by atoms with Crippen molar-refractivity contribution in [1.29, 1.82) is 0 Å². The van der Waals surface area contributed by atoms with Gasteiger partial charge in [0.1, 0.15) is 18.2 Å². The largest absolute Gasteiger partial charge is 0.491 e. The number of benzene rings is 3. The zero-order chi connectivity index (χ0) is 19.5. The van der Waals surface area contributed by atoms with Crippen molar-refractivity contribution in [2.24, 2.45) is 0 Å². The predicted octanol–water partition coefficient (Wildman–Crippen LogP) is 5.98. The van der Waals surface area contributed by atoms with Crippen LogP contribution in [0.15, 0.2) is 66.7 Å². The summed E-state index contributed by atoms with van der Waals surface area (Å²) in [5, 5.41) is 0.771. The molecule has 0 unspecified atom stereocenters. The summed E-state index contributed by atoms with van der Waals surface area (Å²) >= 11 is 6.38. The van der Waals surface area contributed by atoms with Gasteiger partial charge in [0.05, 0.1) is 17.6 Å². The minimum atomic E-state index is 0.584. The van der Waals surface area contributed by atoms with Crippen LogP contribution in [0.2, 0.25) is 5.02 Å².